The zero-order valence-corrected chi connectivity index (χ0v) is 20.4. The Balaban J connectivity index is 2.10. The topological polar surface area (TPSA) is 66.8 Å². The van der Waals surface area contributed by atoms with E-state index in [1.807, 2.05) is 13.0 Å². The number of Topliss-reactive ketones (excluding diaryl/α,β-unsaturated/α-hetero) is 2. The van der Waals surface area contributed by atoms with Crippen LogP contribution in [0.5, 0.6) is 5.75 Å². The van der Waals surface area contributed by atoms with Crippen LogP contribution in [0.15, 0.2) is 82.2 Å². The second kappa shape index (κ2) is 9.87. The van der Waals surface area contributed by atoms with E-state index in [1.165, 1.54) is 24.4 Å². The van der Waals surface area contributed by atoms with E-state index in [4.69, 9.17) is 11.6 Å². The molecule has 1 heterocycles. The van der Waals surface area contributed by atoms with E-state index in [2.05, 4.69) is 24.7 Å². The first-order valence-electron chi connectivity index (χ1n) is 10.9. The molecular formula is C26H25ClF3NO4. The molecule has 0 bridgehead atoms. The van der Waals surface area contributed by atoms with Gasteiger partial charge in [-0.05, 0) is 56.2 Å². The lowest BCUT2D eigenvalue weighted by Gasteiger charge is -2.34. The predicted octanol–water partition coefficient (Wildman–Crippen LogP) is 6.12. The van der Waals surface area contributed by atoms with Crippen LogP contribution in [0.25, 0.3) is 0 Å². The number of hydrogen-bond acceptors (Lipinski definition) is 5. The fourth-order valence-corrected chi connectivity index (χ4v) is 3.97. The highest BCUT2D eigenvalue weighted by molar-refractivity contribution is 6.49. The number of anilines is 1. The second-order valence-corrected chi connectivity index (χ2v) is 8.99. The second-order valence-electron chi connectivity index (χ2n) is 8.61. The van der Waals surface area contributed by atoms with Gasteiger partial charge in [-0.1, -0.05) is 49.6 Å². The van der Waals surface area contributed by atoms with E-state index in [-0.39, 0.29) is 16.2 Å². The molecule has 35 heavy (non-hydrogen) atoms. The summed E-state index contributed by atoms with van der Waals surface area (Å²) < 4.78 is 41.6. The Morgan fingerprint density at radius 3 is 2.43 bits per heavy atom. The van der Waals surface area contributed by atoms with Crippen molar-refractivity contribution in [3.8, 4) is 5.75 Å². The molecule has 0 amide bonds. The number of aliphatic hydroxyl groups is 1. The van der Waals surface area contributed by atoms with Gasteiger partial charge in [0.1, 0.15) is 5.75 Å². The summed E-state index contributed by atoms with van der Waals surface area (Å²) in [5.41, 5.74) is -0.234. The van der Waals surface area contributed by atoms with Crippen LogP contribution in [0.1, 0.15) is 34.1 Å². The van der Waals surface area contributed by atoms with E-state index >= 15 is 0 Å². The Labute approximate surface area is 206 Å². The Morgan fingerprint density at radius 1 is 1.23 bits per heavy atom. The van der Waals surface area contributed by atoms with Crippen molar-refractivity contribution in [1.82, 2.24) is 0 Å². The summed E-state index contributed by atoms with van der Waals surface area (Å²) in [7, 11) is 0. The van der Waals surface area contributed by atoms with Crippen LogP contribution >= 0.6 is 11.6 Å². The van der Waals surface area contributed by atoms with Gasteiger partial charge in [-0.25, -0.2) is 0 Å². The third-order valence-electron chi connectivity index (χ3n) is 5.74. The highest BCUT2D eigenvalue weighted by atomic mass is 35.5. The van der Waals surface area contributed by atoms with Gasteiger partial charge in [0.05, 0.1) is 5.03 Å². The van der Waals surface area contributed by atoms with Gasteiger partial charge in [0.25, 0.3) is 0 Å². The van der Waals surface area contributed by atoms with Gasteiger partial charge >= 0.3 is 6.36 Å². The van der Waals surface area contributed by atoms with Crippen LogP contribution in [0.2, 0.25) is 0 Å². The van der Waals surface area contributed by atoms with Gasteiger partial charge in [0.2, 0.25) is 11.6 Å². The number of ketones is 2. The molecule has 0 aromatic heterocycles. The molecule has 3 rings (SSSR count). The Hall–Kier alpha value is -3.10. The molecule has 2 aliphatic rings. The van der Waals surface area contributed by atoms with Crippen LogP contribution in [-0.2, 0) is 9.59 Å². The maximum absolute atomic E-state index is 12.9. The number of rotatable bonds is 6. The fraction of sp³-hybridized carbons (Fsp3) is 0.308. The highest BCUT2D eigenvalue weighted by Crippen LogP contribution is 2.39. The summed E-state index contributed by atoms with van der Waals surface area (Å²) in [4.78, 5) is 26.9. The lowest BCUT2D eigenvalue weighted by atomic mass is 9.79. The predicted molar refractivity (Wildman–Crippen MR) is 128 cm³/mol. The average molecular weight is 508 g/mol. The monoisotopic (exact) mass is 507 g/mol. The molecule has 1 N–H and O–H groups in total. The first kappa shape index (κ1) is 26.5. The van der Waals surface area contributed by atoms with Crippen LogP contribution in [0, 0.1) is 5.92 Å². The number of ether oxygens (including phenoxy) is 1. The molecule has 1 aliphatic carbocycles. The molecule has 0 fully saturated rings. The molecule has 0 saturated heterocycles. The smallest absolute Gasteiger partial charge is 0.406 e. The van der Waals surface area contributed by atoms with Gasteiger partial charge in [-0.2, -0.15) is 0 Å². The summed E-state index contributed by atoms with van der Waals surface area (Å²) >= 11 is 6.24. The summed E-state index contributed by atoms with van der Waals surface area (Å²) in [6.45, 7) is 7.16. The summed E-state index contributed by atoms with van der Waals surface area (Å²) in [5, 5.41) is 10.2. The number of carbonyl (C=O) groups excluding carboxylic acids is 2. The lowest BCUT2D eigenvalue weighted by molar-refractivity contribution is -0.274. The Morgan fingerprint density at radius 2 is 1.86 bits per heavy atom. The number of benzene rings is 1. The van der Waals surface area contributed by atoms with Gasteiger partial charge in [0.15, 0.2) is 5.60 Å². The molecular weight excluding hydrogens is 483 g/mol. The molecule has 2 atom stereocenters. The van der Waals surface area contributed by atoms with Crippen molar-refractivity contribution >= 4 is 28.9 Å². The quantitative estimate of drug-likeness (QED) is 0.371. The minimum absolute atomic E-state index is 0.0132. The molecule has 186 valence electrons. The first-order valence-corrected chi connectivity index (χ1v) is 11.3. The van der Waals surface area contributed by atoms with E-state index < -0.39 is 29.3 Å². The van der Waals surface area contributed by atoms with Gasteiger partial charge in [-0.3, -0.25) is 9.59 Å². The number of hydrogen-bond donors (Lipinski definition) is 1. The minimum Gasteiger partial charge on any atom is -0.406 e. The van der Waals surface area contributed by atoms with E-state index in [1.54, 1.807) is 11.0 Å². The molecule has 1 aromatic rings. The van der Waals surface area contributed by atoms with Crippen LogP contribution in [0.3, 0.4) is 0 Å². The number of halogens is 4. The number of fused-ring (bicyclic) bond motifs is 1. The van der Waals surface area contributed by atoms with Crippen LogP contribution < -0.4 is 9.64 Å². The highest BCUT2D eigenvalue weighted by Gasteiger charge is 2.48. The maximum atomic E-state index is 12.9. The molecule has 5 nitrogen and oxygen atoms in total. The standard InChI is InChI=1S/C26H25ClF3NO4/c1-5-15(2)12-16(3)6-7-18-13-20-21(23(32)25(4,34)24(33)22(20)27)14-31(18)17-8-10-19(11-9-17)35-26(28,29)30/h6-15,34H,5H2,1-4H3/b7-6+,16-12+/t15-,25+/m0/s1. The van der Waals surface area contributed by atoms with Gasteiger partial charge < -0.3 is 14.7 Å². The molecule has 1 aromatic carbocycles. The van der Waals surface area contributed by atoms with Crippen LogP contribution in [0.4, 0.5) is 18.9 Å². The number of allylic oxidation sites excluding steroid dienone is 6. The van der Waals surface area contributed by atoms with Crippen molar-refractivity contribution in [1.29, 1.82) is 0 Å². The number of nitrogens with zero attached hydrogens (tertiary/aromatic N) is 1. The Kier molecular flexibility index (Phi) is 7.48. The number of alkyl halides is 3. The molecule has 1 aliphatic heterocycles. The molecule has 9 heteroatoms. The van der Waals surface area contributed by atoms with Crippen LogP contribution in [-0.4, -0.2) is 28.6 Å². The summed E-state index contributed by atoms with van der Waals surface area (Å²) in [6.07, 6.45) is 4.77. The number of carbonyl (C=O) groups is 2. The molecule has 0 radical (unpaired) electrons. The molecule has 0 saturated carbocycles. The molecule has 0 unspecified atom stereocenters. The first-order chi connectivity index (χ1) is 16.2. The SMILES string of the molecule is CC[C@H](C)/C=C(C)/C=C/C1=CC2=C(Cl)C(=O)[C@](C)(O)C(=O)C2=CN1c1ccc(OC(F)(F)F)cc1. The maximum Gasteiger partial charge on any atom is 0.573 e. The summed E-state index contributed by atoms with van der Waals surface area (Å²) in [6, 6.07) is 5.10. The summed E-state index contributed by atoms with van der Waals surface area (Å²) in [5.74, 6) is -1.76. The fourth-order valence-electron chi connectivity index (χ4n) is 3.63. The molecule has 0 spiro atoms. The zero-order chi connectivity index (χ0) is 26.1. The lowest BCUT2D eigenvalue weighted by Crippen LogP contribution is -2.49. The van der Waals surface area contributed by atoms with E-state index in [0.29, 0.717) is 17.3 Å². The van der Waals surface area contributed by atoms with Crippen molar-refractivity contribution < 1.29 is 32.6 Å². The van der Waals surface area contributed by atoms with Gasteiger partial charge in [0, 0.05) is 28.7 Å². The van der Waals surface area contributed by atoms with E-state index in [9.17, 15) is 27.9 Å². The van der Waals surface area contributed by atoms with Gasteiger partial charge in [-0.15, -0.1) is 13.2 Å². The largest absolute Gasteiger partial charge is 0.573 e. The van der Waals surface area contributed by atoms with Crippen molar-refractivity contribution in [2.24, 2.45) is 5.92 Å². The normalized spacial score (nSPS) is 22.3. The van der Waals surface area contributed by atoms with Crippen molar-refractivity contribution in [3.05, 3.63) is 82.2 Å². The third kappa shape index (κ3) is 5.77. The van der Waals surface area contributed by atoms with Crippen molar-refractivity contribution in [2.75, 3.05) is 4.90 Å². The van der Waals surface area contributed by atoms with Crippen molar-refractivity contribution in [3.63, 3.8) is 0 Å². The minimum atomic E-state index is -4.83. The average Bonchev–Trinajstić information content (AvgIpc) is 2.79. The zero-order valence-electron chi connectivity index (χ0n) is 19.6. The Bertz CT molecular complexity index is 1190. The van der Waals surface area contributed by atoms with Crippen molar-refractivity contribution in [2.45, 2.75) is 46.1 Å². The van der Waals surface area contributed by atoms with E-state index in [0.717, 1.165) is 31.1 Å². The third-order valence-corrected chi connectivity index (χ3v) is 6.12.